The van der Waals surface area contributed by atoms with Gasteiger partial charge in [0.15, 0.2) is 0 Å². The molecule has 2 heteroatoms. The molecule has 0 fully saturated rings. The molecular formula is C19H25NO. The first kappa shape index (κ1) is 15.4. The summed E-state index contributed by atoms with van der Waals surface area (Å²) in [7, 11) is 0. The third-order valence-corrected chi connectivity index (χ3v) is 3.43. The number of rotatable bonds is 7. The van der Waals surface area contributed by atoms with Crippen LogP contribution in [0.25, 0.3) is 0 Å². The fourth-order valence-corrected chi connectivity index (χ4v) is 2.15. The van der Waals surface area contributed by atoms with Crippen LogP contribution in [0.4, 0.5) is 5.69 Å². The van der Waals surface area contributed by atoms with Crippen LogP contribution in [0.5, 0.6) is 5.75 Å². The number of nitrogens with one attached hydrogen (secondary N) is 1. The number of hydrogen-bond donors (Lipinski definition) is 1. The van der Waals surface area contributed by atoms with Crippen LogP contribution in [-0.2, 0) is 6.54 Å². The second-order valence-electron chi connectivity index (χ2n) is 5.86. The Labute approximate surface area is 128 Å². The molecule has 0 amide bonds. The van der Waals surface area contributed by atoms with Crippen molar-refractivity contribution < 1.29 is 4.74 Å². The average Bonchev–Trinajstić information content (AvgIpc) is 2.46. The molecule has 0 atom stereocenters. The summed E-state index contributed by atoms with van der Waals surface area (Å²) in [5, 5.41) is 3.46. The van der Waals surface area contributed by atoms with Crippen molar-refractivity contribution in [1.82, 2.24) is 0 Å². The Bertz CT molecular complexity index is 563. The van der Waals surface area contributed by atoms with E-state index in [0.29, 0.717) is 5.92 Å². The van der Waals surface area contributed by atoms with Gasteiger partial charge in [-0.05, 0) is 43.0 Å². The van der Waals surface area contributed by atoms with Gasteiger partial charge >= 0.3 is 0 Å². The molecule has 0 aliphatic carbocycles. The number of anilines is 1. The van der Waals surface area contributed by atoms with E-state index in [4.69, 9.17) is 4.74 Å². The van der Waals surface area contributed by atoms with Crippen molar-refractivity contribution in [2.75, 3.05) is 11.9 Å². The molecule has 1 N–H and O–H groups in total. The fraction of sp³-hybridized carbons (Fsp3) is 0.368. The summed E-state index contributed by atoms with van der Waals surface area (Å²) in [6.45, 7) is 8.09. The maximum absolute atomic E-state index is 5.92. The molecule has 0 saturated carbocycles. The van der Waals surface area contributed by atoms with Gasteiger partial charge in [0.1, 0.15) is 5.75 Å². The summed E-state index contributed by atoms with van der Waals surface area (Å²) in [6, 6.07) is 16.7. The monoisotopic (exact) mass is 283 g/mol. The molecule has 0 spiro atoms. The Kier molecular flexibility index (Phi) is 5.68. The van der Waals surface area contributed by atoms with Gasteiger partial charge in [-0.1, -0.05) is 44.2 Å². The Balaban J connectivity index is 1.96. The maximum atomic E-state index is 5.92. The van der Waals surface area contributed by atoms with E-state index >= 15 is 0 Å². The second-order valence-corrected chi connectivity index (χ2v) is 5.86. The van der Waals surface area contributed by atoms with Crippen LogP contribution in [-0.4, -0.2) is 6.61 Å². The number of para-hydroxylation sites is 1. The first-order valence-corrected chi connectivity index (χ1v) is 7.66. The first-order valence-electron chi connectivity index (χ1n) is 7.66. The van der Waals surface area contributed by atoms with Crippen molar-refractivity contribution in [2.24, 2.45) is 5.92 Å². The molecule has 2 rings (SSSR count). The topological polar surface area (TPSA) is 21.3 Å². The lowest BCUT2D eigenvalue weighted by molar-refractivity contribution is 0.287. The highest BCUT2D eigenvalue weighted by Crippen LogP contribution is 2.20. The molecular weight excluding hydrogens is 258 g/mol. The molecule has 0 heterocycles. The van der Waals surface area contributed by atoms with Crippen LogP contribution >= 0.6 is 0 Å². The molecule has 0 unspecified atom stereocenters. The summed E-state index contributed by atoms with van der Waals surface area (Å²) in [6.07, 6.45) is 1.08. The fourth-order valence-electron chi connectivity index (χ4n) is 2.15. The number of ether oxygens (including phenoxy) is 1. The minimum Gasteiger partial charge on any atom is -0.493 e. The van der Waals surface area contributed by atoms with Crippen LogP contribution in [0.1, 0.15) is 31.4 Å². The highest BCUT2D eigenvalue weighted by Gasteiger charge is 2.04. The highest BCUT2D eigenvalue weighted by atomic mass is 16.5. The Morgan fingerprint density at radius 2 is 1.86 bits per heavy atom. The molecule has 2 aromatic rings. The normalized spacial score (nSPS) is 10.7. The molecule has 0 saturated heterocycles. The zero-order valence-corrected chi connectivity index (χ0v) is 13.2. The van der Waals surface area contributed by atoms with E-state index in [1.165, 1.54) is 11.1 Å². The van der Waals surface area contributed by atoms with Gasteiger partial charge in [0.2, 0.25) is 0 Å². The number of benzene rings is 2. The van der Waals surface area contributed by atoms with Crippen molar-refractivity contribution in [1.29, 1.82) is 0 Å². The molecule has 0 radical (unpaired) electrons. The zero-order valence-electron chi connectivity index (χ0n) is 13.2. The smallest absolute Gasteiger partial charge is 0.124 e. The van der Waals surface area contributed by atoms with Crippen molar-refractivity contribution in [3.63, 3.8) is 0 Å². The van der Waals surface area contributed by atoms with E-state index in [9.17, 15) is 0 Å². The van der Waals surface area contributed by atoms with E-state index in [-0.39, 0.29) is 0 Å². The van der Waals surface area contributed by atoms with Crippen LogP contribution in [0, 0.1) is 12.8 Å². The second kappa shape index (κ2) is 7.72. The van der Waals surface area contributed by atoms with E-state index < -0.39 is 0 Å². The van der Waals surface area contributed by atoms with Gasteiger partial charge in [-0.15, -0.1) is 0 Å². The molecule has 21 heavy (non-hydrogen) atoms. The lowest BCUT2D eigenvalue weighted by Gasteiger charge is -2.14. The molecule has 0 bridgehead atoms. The summed E-state index contributed by atoms with van der Waals surface area (Å²) in [5.74, 6) is 1.65. The van der Waals surface area contributed by atoms with Gasteiger partial charge in [-0.2, -0.15) is 0 Å². The largest absolute Gasteiger partial charge is 0.493 e. The summed E-state index contributed by atoms with van der Waals surface area (Å²) in [4.78, 5) is 0. The standard InChI is InChI=1S/C19H25NO/c1-15(2)11-12-21-19-10-5-4-8-17(19)14-20-18-9-6-7-16(3)13-18/h4-10,13,15,20H,11-12,14H2,1-3H3. The lowest BCUT2D eigenvalue weighted by atomic mass is 10.1. The predicted molar refractivity (Wildman–Crippen MR) is 89.9 cm³/mol. The van der Waals surface area contributed by atoms with E-state index in [0.717, 1.165) is 31.0 Å². The van der Waals surface area contributed by atoms with E-state index in [1.54, 1.807) is 0 Å². The van der Waals surface area contributed by atoms with E-state index in [2.05, 4.69) is 62.5 Å². The van der Waals surface area contributed by atoms with Crippen LogP contribution < -0.4 is 10.1 Å². The minimum absolute atomic E-state index is 0.669. The zero-order chi connectivity index (χ0) is 15.1. The molecule has 2 nitrogen and oxygen atoms in total. The van der Waals surface area contributed by atoms with Crippen LogP contribution in [0.2, 0.25) is 0 Å². The summed E-state index contributed by atoms with van der Waals surface area (Å²) < 4.78 is 5.92. The molecule has 112 valence electrons. The first-order chi connectivity index (χ1) is 10.1. The molecule has 0 aliphatic rings. The Morgan fingerprint density at radius 3 is 2.62 bits per heavy atom. The predicted octanol–water partition coefficient (Wildman–Crippen LogP) is 5.03. The summed E-state index contributed by atoms with van der Waals surface area (Å²) >= 11 is 0. The van der Waals surface area contributed by atoms with Gasteiger partial charge in [0.25, 0.3) is 0 Å². The van der Waals surface area contributed by atoms with Crippen molar-refractivity contribution in [2.45, 2.75) is 33.7 Å². The summed E-state index contributed by atoms with van der Waals surface area (Å²) in [5.41, 5.74) is 3.61. The maximum Gasteiger partial charge on any atom is 0.124 e. The Hall–Kier alpha value is -1.96. The molecule has 2 aromatic carbocycles. The number of hydrogen-bond acceptors (Lipinski definition) is 2. The highest BCUT2D eigenvalue weighted by molar-refractivity contribution is 5.47. The molecule has 0 aliphatic heterocycles. The third-order valence-electron chi connectivity index (χ3n) is 3.43. The average molecular weight is 283 g/mol. The van der Waals surface area contributed by atoms with Gasteiger partial charge in [0, 0.05) is 17.8 Å². The quantitative estimate of drug-likeness (QED) is 0.769. The third kappa shape index (κ3) is 5.14. The van der Waals surface area contributed by atoms with Crippen molar-refractivity contribution in [3.05, 3.63) is 59.7 Å². The van der Waals surface area contributed by atoms with E-state index in [1.807, 2.05) is 12.1 Å². The van der Waals surface area contributed by atoms with Crippen molar-refractivity contribution >= 4 is 5.69 Å². The lowest BCUT2D eigenvalue weighted by Crippen LogP contribution is -2.06. The van der Waals surface area contributed by atoms with Gasteiger partial charge in [0.05, 0.1) is 6.61 Å². The van der Waals surface area contributed by atoms with Crippen LogP contribution in [0.15, 0.2) is 48.5 Å². The number of aryl methyl sites for hydroxylation is 1. The molecule has 0 aromatic heterocycles. The minimum atomic E-state index is 0.669. The van der Waals surface area contributed by atoms with Crippen LogP contribution in [0.3, 0.4) is 0 Å². The van der Waals surface area contributed by atoms with Gasteiger partial charge in [-0.3, -0.25) is 0 Å². The van der Waals surface area contributed by atoms with Gasteiger partial charge in [-0.25, -0.2) is 0 Å². The SMILES string of the molecule is Cc1cccc(NCc2ccccc2OCCC(C)C)c1. The van der Waals surface area contributed by atoms with Gasteiger partial charge < -0.3 is 10.1 Å². The Morgan fingerprint density at radius 1 is 1.05 bits per heavy atom. The van der Waals surface area contributed by atoms with Crippen molar-refractivity contribution in [3.8, 4) is 5.75 Å².